The first-order valence-corrected chi connectivity index (χ1v) is 5.58. The topological polar surface area (TPSA) is 23.8 Å². The Labute approximate surface area is 88.1 Å². The number of rotatable bonds is 8. The highest BCUT2D eigenvalue weighted by Crippen LogP contribution is 2.02. The van der Waals surface area contributed by atoms with Gasteiger partial charge < -0.3 is 0 Å². The average molecular weight is 191 g/mol. The van der Waals surface area contributed by atoms with Crippen LogP contribution in [-0.2, 0) is 0 Å². The summed E-state index contributed by atoms with van der Waals surface area (Å²) in [4.78, 5) is 0. The highest BCUT2D eigenvalue weighted by atomic mass is 14.2. The van der Waals surface area contributed by atoms with E-state index in [1.54, 1.807) is 0 Å². The lowest BCUT2D eigenvalue weighted by Gasteiger charge is -1.92. The molecule has 0 aromatic rings. The molecule has 0 aliphatic heterocycles. The van der Waals surface area contributed by atoms with Gasteiger partial charge >= 0.3 is 0 Å². The van der Waals surface area contributed by atoms with Crippen molar-refractivity contribution in [2.24, 2.45) is 0 Å². The van der Waals surface area contributed by atoms with Gasteiger partial charge in [0.2, 0.25) is 0 Å². The SMILES string of the molecule is CC/C=C\CCCC/C=C\CCC#N. The predicted molar refractivity (Wildman–Crippen MR) is 61.9 cm³/mol. The van der Waals surface area contributed by atoms with Crippen molar-refractivity contribution in [3.63, 3.8) is 0 Å². The van der Waals surface area contributed by atoms with Crippen LogP contribution < -0.4 is 0 Å². The summed E-state index contributed by atoms with van der Waals surface area (Å²) in [6.07, 6.45) is 16.4. The summed E-state index contributed by atoms with van der Waals surface area (Å²) in [5, 5.41) is 8.30. The normalized spacial score (nSPS) is 11.1. The minimum Gasteiger partial charge on any atom is -0.198 e. The molecule has 1 nitrogen and oxygen atoms in total. The van der Waals surface area contributed by atoms with Crippen LogP contribution in [-0.4, -0.2) is 0 Å². The molecule has 0 fully saturated rings. The van der Waals surface area contributed by atoms with Gasteiger partial charge in [0.15, 0.2) is 0 Å². The number of allylic oxidation sites excluding steroid dienone is 4. The third-order valence-electron chi connectivity index (χ3n) is 1.98. The second-order valence-electron chi connectivity index (χ2n) is 3.33. The van der Waals surface area contributed by atoms with Crippen molar-refractivity contribution in [2.75, 3.05) is 0 Å². The van der Waals surface area contributed by atoms with E-state index in [4.69, 9.17) is 5.26 Å². The molecule has 0 aromatic carbocycles. The maximum absolute atomic E-state index is 8.30. The molecule has 0 radical (unpaired) electrons. The molecule has 0 amide bonds. The Kier molecular flexibility index (Phi) is 11.1. The van der Waals surface area contributed by atoms with Crippen LogP contribution in [0.4, 0.5) is 0 Å². The standard InChI is InChI=1S/C13H21N/c1-2-3-4-5-6-7-8-9-10-11-12-13-14/h3-4,9-10H,2,5-8,11-12H2,1H3/b4-3-,10-9-. The lowest BCUT2D eigenvalue weighted by molar-refractivity contribution is 0.759. The number of nitriles is 1. The van der Waals surface area contributed by atoms with Crippen molar-refractivity contribution in [1.29, 1.82) is 5.26 Å². The number of nitrogens with zero attached hydrogens (tertiary/aromatic N) is 1. The Morgan fingerprint density at radius 2 is 1.50 bits per heavy atom. The number of hydrogen-bond acceptors (Lipinski definition) is 1. The zero-order valence-corrected chi connectivity index (χ0v) is 9.21. The van der Waals surface area contributed by atoms with Gasteiger partial charge in [-0.15, -0.1) is 0 Å². The van der Waals surface area contributed by atoms with Gasteiger partial charge in [-0.05, 0) is 38.5 Å². The summed E-state index contributed by atoms with van der Waals surface area (Å²) in [6, 6.07) is 2.13. The molecule has 0 saturated heterocycles. The van der Waals surface area contributed by atoms with Gasteiger partial charge in [-0.2, -0.15) is 5.26 Å². The van der Waals surface area contributed by atoms with Gasteiger partial charge in [-0.1, -0.05) is 31.2 Å². The van der Waals surface area contributed by atoms with Crippen LogP contribution in [0.2, 0.25) is 0 Å². The van der Waals surface area contributed by atoms with Gasteiger partial charge in [0, 0.05) is 6.42 Å². The first kappa shape index (κ1) is 13.0. The summed E-state index contributed by atoms with van der Waals surface area (Å²) in [5.41, 5.74) is 0. The van der Waals surface area contributed by atoms with Crippen LogP contribution >= 0.6 is 0 Å². The molecule has 1 heteroatoms. The zero-order chi connectivity index (χ0) is 10.5. The van der Waals surface area contributed by atoms with Crippen LogP contribution in [0.1, 0.15) is 51.9 Å². The van der Waals surface area contributed by atoms with Crippen molar-refractivity contribution in [3.8, 4) is 6.07 Å². The molecule has 0 spiro atoms. The van der Waals surface area contributed by atoms with Crippen molar-refractivity contribution in [3.05, 3.63) is 24.3 Å². The predicted octanol–water partition coefficient (Wildman–Crippen LogP) is 4.37. The molecule has 0 bridgehead atoms. The smallest absolute Gasteiger partial charge is 0.0624 e. The molecule has 0 heterocycles. The van der Waals surface area contributed by atoms with Gasteiger partial charge in [-0.25, -0.2) is 0 Å². The second kappa shape index (κ2) is 12.0. The zero-order valence-electron chi connectivity index (χ0n) is 9.21. The molecule has 0 unspecified atom stereocenters. The molecule has 0 aliphatic carbocycles. The van der Waals surface area contributed by atoms with Crippen molar-refractivity contribution in [1.82, 2.24) is 0 Å². The van der Waals surface area contributed by atoms with E-state index < -0.39 is 0 Å². The van der Waals surface area contributed by atoms with E-state index in [1.165, 1.54) is 19.3 Å². The van der Waals surface area contributed by atoms with Gasteiger partial charge in [-0.3, -0.25) is 0 Å². The van der Waals surface area contributed by atoms with Gasteiger partial charge in [0.25, 0.3) is 0 Å². The van der Waals surface area contributed by atoms with Crippen LogP contribution in [0, 0.1) is 11.3 Å². The highest BCUT2D eigenvalue weighted by Gasteiger charge is 1.83. The fraction of sp³-hybridized carbons (Fsp3) is 0.615. The van der Waals surface area contributed by atoms with E-state index >= 15 is 0 Å². The minimum absolute atomic E-state index is 0.649. The lowest BCUT2D eigenvalue weighted by atomic mass is 10.1. The molecule has 14 heavy (non-hydrogen) atoms. The molecule has 0 N–H and O–H groups in total. The Hall–Kier alpha value is -1.03. The van der Waals surface area contributed by atoms with Crippen molar-refractivity contribution < 1.29 is 0 Å². The molecule has 78 valence electrons. The van der Waals surface area contributed by atoms with E-state index in [9.17, 15) is 0 Å². The third kappa shape index (κ3) is 11.0. The highest BCUT2D eigenvalue weighted by molar-refractivity contribution is 4.86. The maximum atomic E-state index is 8.30. The van der Waals surface area contributed by atoms with Crippen LogP contribution in [0.25, 0.3) is 0 Å². The first-order valence-electron chi connectivity index (χ1n) is 5.58. The molecular weight excluding hydrogens is 170 g/mol. The van der Waals surface area contributed by atoms with Crippen molar-refractivity contribution in [2.45, 2.75) is 51.9 Å². The number of hydrogen-bond donors (Lipinski definition) is 0. The molecule has 0 rings (SSSR count). The van der Waals surface area contributed by atoms with Crippen LogP contribution in [0.3, 0.4) is 0 Å². The third-order valence-corrected chi connectivity index (χ3v) is 1.98. The molecule has 0 atom stereocenters. The van der Waals surface area contributed by atoms with Crippen LogP contribution in [0.5, 0.6) is 0 Å². The summed E-state index contributed by atoms with van der Waals surface area (Å²) < 4.78 is 0. The van der Waals surface area contributed by atoms with Gasteiger partial charge in [0.05, 0.1) is 6.07 Å². The Morgan fingerprint density at radius 3 is 2.07 bits per heavy atom. The summed E-state index contributed by atoms with van der Waals surface area (Å²) in [7, 11) is 0. The fourth-order valence-corrected chi connectivity index (χ4v) is 1.19. The monoisotopic (exact) mass is 191 g/mol. The quantitative estimate of drug-likeness (QED) is 0.413. The largest absolute Gasteiger partial charge is 0.198 e. The Balaban J connectivity index is 3.09. The second-order valence-corrected chi connectivity index (χ2v) is 3.33. The molecular formula is C13H21N. The van der Waals surface area contributed by atoms with E-state index in [1.807, 2.05) is 0 Å². The number of unbranched alkanes of at least 4 members (excludes halogenated alkanes) is 4. The first-order chi connectivity index (χ1) is 6.91. The maximum Gasteiger partial charge on any atom is 0.0624 e. The molecule has 0 aliphatic rings. The van der Waals surface area contributed by atoms with Crippen molar-refractivity contribution >= 4 is 0 Å². The summed E-state index contributed by atoms with van der Waals surface area (Å²) in [5.74, 6) is 0. The Bertz CT molecular complexity index is 196. The lowest BCUT2D eigenvalue weighted by Crippen LogP contribution is -1.72. The fourth-order valence-electron chi connectivity index (χ4n) is 1.19. The summed E-state index contributed by atoms with van der Waals surface area (Å²) in [6.45, 7) is 2.16. The van der Waals surface area contributed by atoms with E-state index in [0.29, 0.717) is 6.42 Å². The van der Waals surface area contributed by atoms with E-state index in [0.717, 1.165) is 19.3 Å². The molecule has 0 aromatic heterocycles. The summed E-state index contributed by atoms with van der Waals surface area (Å²) >= 11 is 0. The van der Waals surface area contributed by atoms with E-state index in [2.05, 4.69) is 37.3 Å². The van der Waals surface area contributed by atoms with Crippen LogP contribution in [0.15, 0.2) is 24.3 Å². The molecule has 0 saturated carbocycles. The van der Waals surface area contributed by atoms with Gasteiger partial charge in [0.1, 0.15) is 0 Å². The Morgan fingerprint density at radius 1 is 0.929 bits per heavy atom. The minimum atomic E-state index is 0.649. The average Bonchev–Trinajstić information content (AvgIpc) is 2.21. The van der Waals surface area contributed by atoms with E-state index in [-0.39, 0.29) is 0 Å².